The smallest absolute Gasteiger partial charge is 0.0462 e. The van der Waals surface area contributed by atoms with E-state index in [9.17, 15) is 0 Å². The molecule has 0 amide bonds. The lowest BCUT2D eigenvalue weighted by Crippen LogP contribution is -2.17. The molecule has 56 heavy (non-hydrogen) atoms. The van der Waals surface area contributed by atoms with Crippen LogP contribution >= 0.6 is 0 Å². The molecule has 0 aromatic heterocycles. The minimum absolute atomic E-state index is 0.164. The molecule has 1 aliphatic rings. The number of hydrogen-bond donors (Lipinski definition) is 0. The largest absolute Gasteiger partial charge is 0.311 e. The van der Waals surface area contributed by atoms with Crippen molar-refractivity contribution in [3.8, 4) is 33.4 Å². The van der Waals surface area contributed by atoms with E-state index in [0.717, 1.165) is 17.1 Å². The van der Waals surface area contributed by atoms with Gasteiger partial charge in [-0.25, -0.2) is 0 Å². The second kappa shape index (κ2) is 13.7. The van der Waals surface area contributed by atoms with Crippen LogP contribution in [0, 0.1) is 0 Å². The Morgan fingerprint density at radius 2 is 0.625 bits per heavy atom. The Hall–Kier alpha value is -6.96. The van der Waals surface area contributed by atoms with Crippen molar-refractivity contribution in [2.24, 2.45) is 0 Å². The highest BCUT2D eigenvalue weighted by Gasteiger charge is 2.36. The van der Waals surface area contributed by atoms with Gasteiger partial charge in [0.2, 0.25) is 0 Å². The summed E-state index contributed by atoms with van der Waals surface area (Å²) < 4.78 is 0. The van der Waals surface area contributed by atoms with Crippen molar-refractivity contribution in [3.05, 3.63) is 223 Å². The summed E-state index contributed by atoms with van der Waals surface area (Å²) in [6.45, 7) is 4.77. The lowest BCUT2D eigenvalue weighted by molar-refractivity contribution is 0.711. The van der Waals surface area contributed by atoms with E-state index in [1.165, 1.54) is 77.2 Å². The maximum Gasteiger partial charge on any atom is 0.0462 e. The standard InChI is InChI=1S/C55H41N/c1-55(2)53(37-52-50-19-10-9-17-48(50)49-18-11-12-20-51(49)54(52)55)44-29-35-47(36-30-44)56(45-31-25-42(26-32-45)39-15-7-4-8-16-39)46-33-27-43(28-34-46)41-23-21-40(22-24-41)38-13-5-3-6-14-38/h3-37H,1-2H3. The zero-order valence-corrected chi connectivity index (χ0v) is 31.7. The molecule has 10 rings (SSSR count). The van der Waals surface area contributed by atoms with E-state index in [-0.39, 0.29) is 5.41 Å². The van der Waals surface area contributed by atoms with Crippen LogP contribution in [0.1, 0.15) is 30.5 Å². The number of nitrogens with zero attached hydrogens (tertiary/aromatic N) is 1. The summed E-state index contributed by atoms with van der Waals surface area (Å²) in [5.74, 6) is 0. The van der Waals surface area contributed by atoms with Crippen LogP contribution in [0.15, 0.2) is 206 Å². The summed E-state index contributed by atoms with van der Waals surface area (Å²) in [7, 11) is 0. The number of benzene rings is 9. The molecule has 0 atom stereocenters. The van der Waals surface area contributed by atoms with E-state index in [0.29, 0.717) is 0 Å². The molecule has 0 saturated heterocycles. The van der Waals surface area contributed by atoms with Crippen molar-refractivity contribution in [2.45, 2.75) is 19.3 Å². The zero-order chi connectivity index (χ0) is 37.6. The monoisotopic (exact) mass is 715 g/mol. The van der Waals surface area contributed by atoms with E-state index in [4.69, 9.17) is 0 Å². The Labute approximate surface area is 329 Å². The van der Waals surface area contributed by atoms with E-state index in [1.54, 1.807) is 0 Å². The Kier molecular flexibility index (Phi) is 8.23. The molecule has 1 heteroatoms. The first kappa shape index (κ1) is 33.6. The number of anilines is 3. The Balaban J connectivity index is 1.02. The first-order chi connectivity index (χ1) is 27.5. The average molecular weight is 716 g/mol. The lowest BCUT2D eigenvalue weighted by atomic mass is 9.76. The van der Waals surface area contributed by atoms with Crippen LogP contribution in [0.25, 0.3) is 66.6 Å². The fourth-order valence-electron chi connectivity index (χ4n) is 8.85. The van der Waals surface area contributed by atoms with Crippen LogP contribution in [-0.4, -0.2) is 0 Å². The predicted molar refractivity (Wildman–Crippen MR) is 240 cm³/mol. The number of rotatable bonds is 7. The third-order valence-electron chi connectivity index (χ3n) is 11.7. The van der Waals surface area contributed by atoms with Gasteiger partial charge in [0.15, 0.2) is 0 Å². The van der Waals surface area contributed by atoms with Gasteiger partial charge in [0, 0.05) is 22.5 Å². The van der Waals surface area contributed by atoms with Gasteiger partial charge in [-0.1, -0.05) is 184 Å². The van der Waals surface area contributed by atoms with Crippen molar-refractivity contribution in [2.75, 3.05) is 4.90 Å². The molecule has 0 unspecified atom stereocenters. The molecule has 1 nitrogen and oxygen atoms in total. The van der Waals surface area contributed by atoms with Crippen LogP contribution < -0.4 is 4.90 Å². The number of allylic oxidation sites excluding steroid dienone is 1. The minimum Gasteiger partial charge on any atom is -0.311 e. The molecule has 266 valence electrons. The molecule has 0 bridgehead atoms. The lowest BCUT2D eigenvalue weighted by Gasteiger charge is -2.28. The third-order valence-corrected chi connectivity index (χ3v) is 11.7. The SMILES string of the molecule is CC1(C)C(c2ccc(N(c3ccc(-c4ccccc4)cc3)c3ccc(-c4ccc(-c5ccccc5)cc4)cc3)cc2)=Cc2c1c1ccccc1c1ccccc21. The molecule has 0 spiro atoms. The van der Waals surface area contributed by atoms with E-state index >= 15 is 0 Å². The second-order valence-electron chi connectivity index (χ2n) is 15.3. The molecule has 0 N–H and O–H groups in total. The normalized spacial score (nSPS) is 13.1. The Morgan fingerprint density at radius 3 is 1.07 bits per heavy atom. The van der Waals surface area contributed by atoms with Gasteiger partial charge in [-0.15, -0.1) is 0 Å². The van der Waals surface area contributed by atoms with Gasteiger partial charge in [0.25, 0.3) is 0 Å². The molecule has 0 radical (unpaired) electrons. The van der Waals surface area contributed by atoms with Crippen LogP contribution in [0.2, 0.25) is 0 Å². The summed E-state index contributed by atoms with van der Waals surface area (Å²) >= 11 is 0. The first-order valence-electron chi connectivity index (χ1n) is 19.5. The van der Waals surface area contributed by atoms with Gasteiger partial charge < -0.3 is 4.90 Å². The molecule has 9 aromatic rings. The molecule has 0 aliphatic heterocycles. The van der Waals surface area contributed by atoms with Gasteiger partial charge in [0.05, 0.1) is 0 Å². The van der Waals surface area contributed by atoms with Gasteiger partial charge in [-0.2, -0.15) is 0 Å². The van der Waals surface area contributed by atoms with Crippen LogP contribution in [0.5, 0.6) is 0 Å². The molecule has 0 heterocycles. The molecular formula is C55H41N. The fraction of sp³-hybridized carbons (Fsp3) is 0.0545. The molecule has 9 aromatic carbocycles. The average Bonchev–Trinajstić information content (AvgIpc) is 3.56. The van der Waals surface area contributed by atoms with Crippen molar-refractivity contribution < 1.29 is 0 Å². The van der Waals surface area contributed by atoms with Crippen molar-refractivity contribution >= 4 is 50.3 Å². The van der Waals surface area contributed by atoms with Crippen LogP contribution in [0.4, 0.5) is 17.1 Å². The van der Waals surface area contributed by atoms with Crippen molar-refractivity contribution in [1.82, 2.24) is 0 Å². The number of hydrogen-bond acceptors (Lipinski definition) is 1. The zero-order valence-electron chi connectivity index (χ0n) is 31.7. The number of fused-ring (bicyclic) bond motifs is 6. The fourth-order valence-corrected chi connectivity index (χ4v) is 8.85. The summed E-state index contributed by atoms with van der Waals surface area (Å²) in [4.78, 5) is 2.37. The Morgan fingerprint density at radius 1 is 0.304 bits per heavy atom. The highest BCUT2D eigenvalue weighted by atomic mass is 15.1. The highest BCUT2D eigenvalue weighted by molar-refractivity contribution is 6.17. The third kappa shape index (κ3) is 5.81. The van der Waals surface area contributed by atoms with Gasteiger partial charge in [0.1, 0.15) is 0 Å². The summed E-state index contributed by atoms with van der Waals surface area (Å²) in [6.07, 6.45) is 2.45. The summed E-state index contributed by atoms with van der Waals surface area (Å²) in [6, 6.07) is 74.9. The minimum atomic E-state index is -0.164. The van der Waals surface area contributed by atoms with E-state index in [2.05, 4.69) is 231 Å². The van der Waals surface area contributed by atoms with Crippen LogP contribution in [-0.2, 0) is 5.41 Å². The topological polar surface area (TPSA) is 3.24 Å². The second-order valence-corrected chi connectivity index (χ2v) is 15.3. The van der Waals surface area contributed by atoms with Crippen molar-refractivity contribution in [1.29, 1.82) is 0 Å². The molecule has 1 aliphatic carbocycles. The van der Waals surface area contributed by atoms with Crippen molar-refractivity contribution in [3.63, 3.8) is 0 Å². The molecule has 0 saturated carbocycles. The van der Waals surface area contributed by atoms with E-state index < -0.39 is 0 Å². The van der Waals surface area contributed by atoms with E-state index in [1.807, 2.05) is 0 Å². The maximum atomic E-state index is 2.45. The maximum absolute atomic E-state index is 2.45. The first-order valence-corrected chi connectivity index (χ1v) is 19.5. The predicted octanol–water partition coefficient (Wildman–Crippen LogP) is 15.3. The summed E-state index contributed by atoms with van der Waals surface area (Å²) in [5, 5.41) is 5.30. The van der Waals surface area contributed by atoms with Crippen LogP contribution in [0.3, 0.4) is 0 Å². The van der Waals surface area contributed by atoms with Gasteiger partial charge in [-0.3, -0.25) is 0 Å². The highest BCUT2D eigenvalue weighted by Crippen LogP contribution is 2.52. The Bertz CT molecular complexity index is 2870. The quantitative estimate of drug-likeness (QED) is 0.149. The van der Waals surface area contributed by atoms with Gasteiger partial charge in [-0.05, 0) is 120 Å². The molecular weight excluding hydrogens is 675 g/mol. The summed E-state index contributed by atoms with van der Waals surface area (Å²) in [5.41, 5.74) is 15.8. The molecule has 0 fully saturated rings. The van der Waals surface area contributed by atoms with Gasteiger partial charge >= 0.3 is 0 Å².